The van der Waals surface area contributed by atoms with Gasteiger partial charge in [0.25, 0.3) is 0 Å². The first-order chi connectivity index (χ1) is 16.8. The van der Waals surface area contributed by atoms with Gasteiger partial charge in [-0.2, -0.15) is 13.2 Å². The summed E-state index contributed by atoms with van der Waals surface area (Å²) in [4.78, 5) is 17.7. The van der Waals surface area contributed by atoms with Gasteiger partial charge in [-0.15, -0.1) is 0 Å². The molecule has 0 bridgehead atoms. The van der Waals surface area contributed by atoms with Crippen LogP contribution in [0.3, 0.4) is 0 Å². The molecule has 3 nitrogen and oxygen atoms in total. The third kappa shape index (κ3) is 6.95. The van der Waals surface area contributed by atoms with Gasteiger partial charge in [0.2, 0.25) is 0 Å². The summed E-state index contributed by atoms with van der Waals surface area (Å²) in [5, 5.41) is 3.02. The van der Waals surface area contributed by atoms with Crippen LogP contribution in [-0.2, 0) is 0 Å². The second-order valence-electron chi connectivity index (χ2n) is 8.17. The molecule has 3 aromatic carbocycles. The number of rotatable bonds is 10. The predicted molar refractivity (Wildman–Crippen MR) is 138 cm³/mol. The molecule has 3 rings (SSSR count). The molecule has 0 radical (unpaired) electrons. The molecule has 0 atom stereocenters. The highest BCUT2D eigenvalue weighted by atomic mass is 19.4. The molecular formula is C28H28BF3N2O. The van der Waals surface area contributed by atoms with Crippen molar-refractivity contribution in [2.75, 3.05) is 6.54 Å². The standard InChI is InChI=1S/C28H28BF3N2O/c1-3-4-20-33-21(2)25(26(35)22-14-8-5-9-15-22)27(28(30,31)32)34-29(23-16-10-6-11-17-23)24-18-12-7-13-19-24/h5-19,33H,3-4,20H2,1-2H3/b25-21+,34-27-. The smallest absolute Gasteiger partial charge is 0.388 e. The molecule has 0 saturated carbocycles. The number of benzene rings is 3. The Labute approximate surface area is 204 Å². The van der Waals surface area contributed by atoms with Crippen LogP contribution in [0, 0.1) is 0 Å². The van der Waals surface area contributed by atoms with Gasteiger partial charge in [-0.05, 0) is 24.3 Å². The Morgan fingerprint density at radius 2 is 1.34 bits per heavy atom. The van der Waals surface area contributed by atoms with Crippen LogP contribution >= 0.6 is 0 Å². The highest BCUT2D eigenvalue weighted by molar-refractivity contribution is 6.84. The summed E-state index contributed by atoms with van der Waals surface area (Å²) < 4.78 is 43.9. The van der Waals surface area contributed by atoms with Crippen molar-refractivity contribution in [3.63, 3.8) is 0 Å². The molecule has 0 saturated heterocycles. The Kier molecular flexibility index (Phi) is 9.07. The Morgan fingerprint density at radius 3 is 1.80 bits per heavy atom. The fourth-order valence-corrected chi connectivity index (χ4v) is 3.75. The van der Waals surface area contributed by atoms with E-state index < -0.39 is 30.1 Å². The van der Waals surface area contributed by atoms with Crippen LogP contribution in [0.15, 0.2) is 107 Å². The zero-order valence-corrected chi connectivity index (χ0v) is 19.8. The lowest BCUT2D eigenvalue weighted by atomic mass is 9.51. The van der Waals surface area contributed by atoms with Crippen LogP contribution in [0.25, 0.3) is 0 Å². The second kappa shape index (κ2) is 12.2. The zero-order valence-electron chi connectivity index (χ0n) is 19.8. The summed E-state index contributed by atoms with van der Waals surface area (Å²) >= 11 is 0. The number of ketones is 1. The molecule has 0 aromatic heterocycles. The summed E-state index contributed by atoms with van der Waals surface area (Å²) in [6.07, 6.45) is -3.22. The monoisotopic (exact) mass is 476 g/mol. The average Bonchev–Trinajstić information content (AvgIpc) is 2.87. The van der Waals surface area contributed by atoms with Gasteiger partial charge >= 0.3 is 13.0 Å². The van der Waals surface area contributed by atoms with Crippen LogP contribution in [0.5, 0.6) is 0 Å². The maximum absolute atomic E-state index is 14.6. The number of carbonyl (C=O) groups excluding carboxylic acids is 1. The van der Waals surface area contributed by atoms with Crippen molar-refractivity contribution in [1.82, 2.24) is 5.32 Å². The molecule has 0 aliphatic rings. The van der Waals surface area contributed by atoms with E-state index in [2.05, 4.69) is 10.2 Å². The molecule has 0 aliphatic heterocycles. The van der Waals surface area contributed by atoms with E-state index in [1.165, 1.54) is 19.1 Å². The maximum Gasteiger partial charge on any atom is 0.432 e. The molecule has 35 heavy (non-hydrogen) atoms. The molecule has 180 valence electrons. The zero-order chi connectivity index (χ0) is 25.3. The Balaban J connectivity index is 2.24. The molecule has 7 heteroatoms. The van der Waals surface area contributed by atoms with Crippen molar-refractivity contribution < 1.29 is 18.0 Å². The molecule has 0 spiro atoms. The number of halogens is 3. The third-order valence-corrected chi connectivity index (χ3v) is 5.55. The number of alkyl halides is 3. The second-order valence-corrected chi connectivity index (χ2v) is 8.17. The summed E-state index contributed by atoms with van der Waals surface area (Å²) in [6.45, 7) is 3.02. The Morgan fingerprint density at radius 1 is 0.857 bits per heavy atom. The van der Waals surface area contributed by atoms with E-state index in [1.54, 1.807) is 78.9 Å². The van der Waals surface area contributed by atoms with E-state index in [0.29, 0.717) is 17.5 Å². The summed E-state index contributed by atoms with van der Waals surface area (Å²) in [5.41, 5.74) is -0.121. The first-order valence-corrected chi connectivity index (χ1v) is 11.6. The van der Waals surface area contributed by atoms with Gasteiger partial charge in [-0.3, -0.25) is 4.79 Å². The minimum Gasteiger partial charge on any atom is -0.388 e. The number of unbranched alkanes of at least 4 members (excludes halogenated alkanes) is 1. The first kappa shape index (κ1) is 26.0. The lowest BCUT2D eigenvalue weighted by molar-refractivity contribution is -0.0581. The van der Waals surface area contributed by atoms with Crippen molar-refractivity contribution in [2.24, 2.45) is 4.90 Å². The quantitative estimate of drug-likeness (QED) is 0.141. The maximum atomic E-state index is 14.6. The first-order valence-electron chi connectivity index (χ1n) is 11.6. The van der Waals surface area contributed by atoms with Gasteiger partial charge in [0, 0.05) is 17.8 Å². The van der Waals surface area contributed by atoms with Crippen molar-refractivity contribution in [3.8, 4) is 0 Å². The van der Waals surface area contributed by atoms with Crippen LogP contribution in [0.1, 0.15) is 37.0 Å². The van der Waals surface area contributed by atoms with Crippen molar-refractivity contribution in [3.05, 3.63) is 108 Å². The van der Waals surface area contributed by atoms with Crippen molar-refractivity contribution in [2.45, 2.75) is 32.9 Å². The molecule has 0 amide bonds. The minimum absolute atomic E-state index is 0.156. The van der Waals surface area contributed by atoms with Gasteiger partial charge in [0.15, 0.2) is 5.78 Å². The predicted octanol–water partition coefficient (Wildman–Crippen LogP) is 5.34. The van der Waals surface area contributed by atoms with Gasteiger partial charge in [-0.25, -0.2) is 0 Å². The van der Waals surface area contributed by atoms with E-state index in [-0.39, 0.29) is 11.3 Å². The highest BCUT2D eigenvalue weighted by Crippen LogP contribution is 2.27. The van der Waals surface area contributed by atoms with Gasteiger partial charge in [-0.1, -0.05) is 104 Å². The van der Waals surface area contributed by atoms with Crippen LogP contribution in [0.4, 0.5) is 13.2 Å². The normalized spacial score (nSPS) is 12.7. The van der Waals surface area contributed by atoms with E-state index >= 15 is 0 Å². The highest BCUT2D eigenvalue weighted by Gasteiger charge is 2.42. The van der Waals surface area contributed by atoms with Crippen LogP contribution in [-0.4, -0.2) is 31.1 Å². The van der Waals surface area contributed by atoms with Crippen LogP contribution < -0.4 is 16.2 Å². The molecule has 0 aliphatic carbocycles. The van der Waals surface area contributed by atoms with Gasteiger partial charge in [0.1, 0.15) is 5.71 Å². The fourth-order valence-electron chi connectivity index (χ4n) is 3.75. The van der Waals surface area contributed by atoms with Crippen molar-refractivity contribution >= 4 is 29.3 Å². The molecule has 0 fully saturated rings. The van der Waals surface area contributed by atoms with Crippen LogP contribution in [0.2, 0.25) is 0 Å². The summed E-state index contributed by atoms with van der Waals surface area (Å²) in [6, 6.07) is 25.6. The molecule has 3 aromatic rings. The van der Waals surface area contributed by atoms with Gasteiger partial charge in [0.05, 0.1) is 5.57 Å². The number of Topliss-reactive ketones (excluding diaryl/α,β-unsaturated/α-hetero) is 1. The average molecular weight is 476 g/mol. The molecule has 0 heterocycles. The number of nitrogens with zero attached hydrogens (tertiary/aromatic N) is 1. The van der Waals surface area contributed by atoms with Crippen molar-refractivity contribution in [1.29, 1.82) is 0 Å². The Bertz CT molecular complexity index is 1120. The van der Waals surface area contributed by atoms with Gasteiger partial charge < -0.3 is 10.2 Å². The summed E-state index contributed by atoms with van der Waals surface area (Å²) in [5.74, 6) is -0.719. The lowest BCUT2D eigenvalue weighted by Crippen LogP contribution is -2.44. The summed E-state index contributed by atoms with van der Waals surface area (Å²) in [7, 11) is 0. The topological polar surface area (TPSA) is 41.5 Å². The molecule has 1 N–H and O–H groups in total. The van der Waals surface area contributed by atoms with E-state index in [9.17, 15) is 18.0 Å². The Hall–Kier alpha value is -3.61. The van der Waals surface area contributed by atoms with E-state index in [0.717, 1.165) is 12.8 Å². The minimum atomic E-state index is -4.85. The molecular weight excluding hydrogens is 448 g/mol. The van der Waals surface area contributed by atoms with E-state index in [4.69, 9.17) is 0 Å². The number of hydrogen-bond acceptors (Lipinski definition) is 3. The number of carbonyl (C=O) groups is 1. The lowest BCUT2D eigenvalue weighted by Gasteiger charge is -2.20. The number of allylic oxidation sites excluding steroid dienone is 2. The number of nitrogens with one attached hydrogen (secondary N) is 1. The number of hydrogen-bond donors (Lipinski definition) is 1. The molecule has 0 unspecified atom stereocenters. The third-order valence-electron chi connectivity index (χ3n) is 5.55. The fraction of sp³-hybridized carbons (Fsp3) is 0.214. The van der Waals surface area contributed by atoms with E-state index in [1.807, 2.05) is 6.92 Å². The largest absolute Gasteiger partial charge is 0.432 e. The SMILES string of the molecule is CCCCN/C(C)=C(C(=O)c1ccccc1)/C(=N/B(c1ccccc1)c1ccccc1)C(F)(F)F.